The maximum Gasteiger partial charge on any atom is 0.0963 e. The Balaban J connectivity index is 2.25. The number of halogens is 1. The molecule has 16 heavy (non-hydrogen) atoms. The molecule has 1 N–H and O–H groups in total. The van der Waals surface area contributed by atoms with E-state index in [1.165, 1.54) is 12.5 Å². The molecule has 0 aliphatic carbocycles. The minimum Gasteiger partial charge on any atom is -0.472 e. The first kappa shape index (κ1) is 11.2. The van der Waals surface area contributed by atoms with E-state index >= 15 is 0 Å². The van der Waals surface area contributed by atoms with Gasteiger partial charge in [0, 0.05) is 24.4 Å². The average molecular weight is 238 g/mol. The van der Waals surface area contributed by atoms with E-state index in [-0.39, 0.29) is 0 Å². The predicted octanol–water partition coefficient (Wildman–Crippen LogP) is 2.78. The molecule has 2 aromatic heterocycles. The van der Waals surface area contributed by atoms with Gasteiger partial charge in [0.25, 0.3) is 0 Å². The zero-order valence-corrected chi connectivity index (χ0v) is 9.61. The zero-order valence-electron chi connectivity index (χ0n) is 8.85. The van der Waals surface area contributed by atoms with Gasteiger partial charge in [-0.3, -0.25) is 4.98 Å². The number of pyridine rings is 1. The van der Waals surface area contributed by atoms with Crippen molar-refractivity contribution in [2.24, 2.45) is 0 Å². The highest BCUT2D eigenvalue weighted by Crippen LogP contribution is 2.28. The second-order valence-corrected chi connectivity index (χ2v) is 4.34. The zero-order chi connectivity index (χ0) is 11.6. The van der Waals surface area contributed by atoms with Crippen LogP contribution in [-0.4, -0.2) is 10.1 Å². The van der Waals surface area contributed by atoms with Crippen LogP contribution in [0.4, 0.5) is 0 Å². The lowest BCUT2D eigenvalue weighted by Crippen LogP contribution is -2.23. The lowest BCUT2D eigenvalue weighted by Gasteiger charge is -2.22. The lowest BCUT2D eigenvalue weighted by molar-refractivity contribution is 0.0570. The summed E-state index contributed by atoms with van der Waals surface area (Å²) < 4.78 is 4.96. The second-order valence-electron chi connectivity index (χ2n) is 3.93. The van der Waals surface area contributed by atoms with E-state index in [1.54, 1.807) is 31.5 Å². The summed E-state index contributed by atoms with van der Waals surface area (Å²) in [5.74, 6) is 0. The number of furan rings is 1. The van der Waals surface area contributed by atoms with Gasteiger partial charge >= 0.3 is 0 Å². The molecule has 2 rings (SSSR count). The van der Waals surface area contributed by atoms with Crippen LogP contribution in [0.2, 0.25) is 5.02 Å². The van der Waals surface area contributed by atoms with Crippen molar-refractivity contribution >= 4 is 11.6 Å². The maximum absolute atomic E-state index is 10.3. The van der Waals surface area contributed by atoms with E-state index in [2.05, 4.69) is 4.98 Å². The highest BCUT2D eigenvalue weighted by Gasteiger charge is 2.25. The molecule has 0 amide bonds. The topological polar surface area (TPSA) is 46.3 Å². The largest absolute Gasteiger partial charge is 0.472 e. The highest BCUT2D eigenvalue weighted by atomic mass is 35.5. The van der Waals surface area contributed by atoms with E-state index in [0.29, 0.717) is 11.4 Å². The summed E-state index contributed by atoms with van der Waals surface area (Å²) in [6.07, 6.45) is 6.73. The van der Waals surface area contributed by atoms with Crippen molar-refractivity contribution in [3.8, 4) is 0 Å². The van der Waals surface area contributed by atoms with Gasteiger partial charge in [-0.05, 0) is 24.6 Å². The number of aromatic nitrogens is 1. The second kappa shape index (κ2) is 4.28. The number of hydrogen-bond acceptors (Lipinski definition) is 3. The molecule has 3 nitrogen and oxygen atoms in total. The van der Waals surface area contributed by atoms with E-state index in [0.717, 1.165) is 11.1 Å². The number of rotatable bonds is 3. The molecule has 0 fully saturated rings. The van der Waals surface area contributed by atoms with Crippen LogP contribution in [0.25, 0.3) is 0 Å². The van der Waals surface area contributed by atoms with Crippen molar-refractivity contribution in [3.05, 3.63) is 53.2 Å². The summed E-state index contributed by atoms with van der Waals surface area (Å²) in [6.45, 7) is 1.73. The van der Waals surface area contributed by atoms with Gasteiger partial charge in [0.05, 0.1) is 23.2 Å². The third-order valence-corrected chi connectivity index (χ3v) is 2.87. The molecule has 2 aromatic rings. The molecule has 0 aliphatic rings. The van der Waals surface area contributed by atoms with Crippen molar-refractivity contribution in [1.82, 2.24) is 4.98 Å². The van der Waals surface area contributed by atoms with Crippen molar-refractivity contribution in [3.63, 3.8) is 0 Å². The minimum atomic E-state index is -0.988. The fraction of sp³-hybridized carbons (Fsp3) is 0.250. The molecule has 0 radical (unpaired) electrons. The number of hydrogen-bond donors (Lipinski definition) is 1. The summed E-state index contributed by atoms with van der Waals surface area (Å²) in [7, 11) is 0. The van der Waals surface area contributed by atoms with E-state index in [1.807, 2.05) is 0 Å². The van der Waals surface area contributed by atoms with Crippen molar-refractivity contribution in [1.29, 1.82) is 0 Å². The highest BCUT2D eigenvalue weighted by molar-refractivity contribution is 6.31. The summed E-state index contributed by atoms with van der Waals surface area (Å²) in [5.41, 5.74) is 0.612. The van der Waals surface area contributed by atoms with Crippen molar-refractivity contribution < 1.29 is 9.52 Å². The van der Waals surface area contributed by atoms with Gasteiger partial charge in [0.1, 0.15) is 0 Å². The molecule has 1 atom stereocenters. The fourth-order valence-electron chi connectivity index (χ4n) is 1.59. The van der Waals surface area contributed by atoms with Crippen LogP contribution in [0.5, 0.6) is 0 Å². The Bertz CT molecular complexity index is 466. The first-order valence-corrected chi connectivity index (χ1v) is 5.31. The lowest BCUT2D eigenvalue weighted by atomic mass is 9.91. The number of aliphatic hydroxyl groups is 1. The third-order valence-electron chi connectivity index (χ3n) is 2.53. The van der Waals surface area contributed by atoms with Crippen molar-refractivity contribution in [2.45, 2.75) is 18.9 Å². The molecule has 0 aliphatic heterocycles. The predicted molar refractivity (Wildman–Crippen MR) is 61.2 cm³/mol. The van der Waals surface area contributed by atoms with Crippen LogP contribution in [0.3, 0.4) is 0 Å². The molecule has 1 unspecified atom stereocenters. The van der Waals surface area contributed by atoms with Gasteiger partial charge in [0.2, 0.25) is 0 Å². The molecule has 0 bridgehead atoms. The first-order chi connectivity index (χ1) is 7.59. The molecule has 84 valence electrons. The van der Waals surface area contributed by atoms with Gasteiger partial charge in [-0.1, -0.05) is 11.6 Å². The smallest absolute Gasteiger partial charge is 0.0963 e. The van der Waals surface area contributed by atoms with Gasteiger partial charge in [-0.15, -0.1) is 0 Å². The Morgan fingerprint density at radius 2 is 2.31 bits per heavy atom. The summed E-state index contributed by atoms with van der Waals surface area (Å²) in [5, 5.41) is 10.9. The SMILES string of the molecule is CC(O)(Cc1ccncc1Cl)c1ccoc1. The standard InChI is InChI=1S/C12H12ClNO2/c1-12(15,10-3-5-16-8-10)6-9-2-4-14-7-11(9)13/h2-5,7-8,15H,6H2,1H3. The Hall–Kier alpha value is -1.32. The number of nitrogens with zero attached hydrogens (tertiary/aromatic N) is 1. The normalized spacial score (nSPS) is 14.7. The first-order valence-electron chi connectivity index (χ1n) is 4.93. The molecule has 4 heteroatoms. The monoisotopic (exact) mass is 237 g/mol. The van der Waals surface area contributed by atoms with Gasteiger partial charge in [-0.2, -0.15) is 0 Å². The van der Waals surface area contributed by atoms with Crippen LogP contribution in [0.1, 0.15) is 18.1 Å². The van der Waals surface area contributed by atoms with E-state index < -0.39 is 5.60 Å². The van der Waals surface area contributed by atoms with Crippen LogP contribution < -0.4 is 0 Å². The fourth-order valence-corrected chi connectivity index (χ4v) is 1.78. The van der Waals surface area contributed by atoms with Gasteiger partial charge in [-0.25, -0.2) is 0 Å². The van der Waals surface area contributed by atoms with Crippen LogP contribution in [0.15, 0.2) is 41.5 Å². The van der Waals surface area contributed by atoms with Crippen LogP contribution in [0, 0.1) is 0 Å². The average Bonchev–Trinajstić information content (AvgIpc) is 2.75. The van der Waals surface area contributed by atoms with Crippen LogP contribution in [-0.2, 0) is 12.0 Å². The Morgan fingerprint density at radius 3 is 2.94 bits per heavy atom. The maximum atomic E-state index is 10.3. The molecular weight excluding hydrogens is 226 g/mol. The Morgan fingerprint density at radius 1 is 1.50 bits per heavy atom. The van der Waals surface area contributed by atoms with E-state index in [4.69, 9.17) is 16.0 Å². The van der Waals surface area contributed by atoms with Crippen LogP contribution >= 0.6 is 11.6 Å². The molecule has 0 saturated carbocycles. The van der Waals surface area contributed by atoms with Crippen molar-refractivity contribution in [2.75, 3.05) is 0 Å². The summed E-state index contributed by atoms with van der Waals surface area (Å²) >= 11 is 5.99. The molecule has 0 spiro atoms. The summed E-state index contributed by atoms with van der Waals surface area (Å²) in [6, 6.07) is 3.55. The molecular formula is C12H12ClNO2. The third kappa shape index (κ3) is 2.26. The van der Waals surface area contributed by atoms with Gasteiger partial charge in [0.15, 0.2) is 0 Å². The quantitative estimate of drug-likeness (QED) is 0.893. The molecule has 0 aromatic carbocycles. The summed E-state index contributed by atoms with van der Waals surface area (Å²) in [4.78, 5) is 3.91. The Kier molecular flexibility index (Phi) is 2.99. The Labute approximate surface area is 98.7 Å². The molecule has 2 heterocycles. The molecule has 0 saturated heterocycles. The van der Waals surface area contributed by atoms with E-state index in [9.17, 15) is 5.11 Å². The minimum absolute atomic E-state index is 0.424. The van der Waals surface area contributed by atoms with Gasteiger partial charge < -0.3 is 9.52 Å².